The minimum atomic E-state index is -0.379. The first-order valence-corrected chi connectivity index (χ1v) is 11.6. The van der Waals surface area contributed by atoms with Crippen LogP contribution in [0.2, 0.25) is 0 Å². The van der Waals surface area contributed by atoms with Crippen molar-refractivity contribution in [1.82, 2.24) is 0 Å². The van der Waals surface area contributed by atoms with Crippen LogP contribution in [0.4, 0.5) is 0 Å². The van der Waals surface area contributed by atoms with Crippen LogP contribution in [-0.4, -0.2) is 21.9 Å². The van der Waals surface area contributed by atoms with Gasteiger partial charge in [-0.3, -0.25) is 0 Å². The molecule has 0 aromatic heterocycles. The first-order chi connectivity index (χ1) is 12.2. The minimum absolute atomic E-state index is 0.147. The van der Waals surface area contributed by atoms with Crippen LogP contribution in [0, 0.1) is 40.4 Å². The highest BCUT2D eigenvalue weighted by Crippen LogP contribution is 2.68. The minimum Gasteiger partial charge on any atom is -0.393 e. The maximum Gasteiger partial charge on any atom is 0.0648 e. The van der Waals surface area contributed by atoms with Gasteiger partial charge in [0.1, 0.15) is 0 Å². The molecule has 4 rings (SSSR count). The Kier molecular flexibility index (Phi) is 4.79. The smallest absolute Gasteiger partial charge is 0.0648 e. The average molecular weight is 363 g/mol. The molecule has 0 aromatic rings. The lowest BCUT2D eigenvalue weighted by molar-refractivity contribution is -0.151. The summed E-state index contributed by atoms with van der Waals surface area (Å²) in [7, 11) is 0. The van der Waals surface area contributed by atoms with Gasteiger partial charge in [0, 0.05) is 0 Å². The molecule has 0 heterocycles. The second-order valence-electron chi connectivity index (χ2n) is 11.3. The Labute approximate surface area is 161 Å². The molecule has 150 valence electrons. The van der Waals surface area contributed by atoms with Gasteiger partial charge in [-0.05, 0) is 118 Å². The molecule has 0 saturated heterocycles. The average Bonchev–Trinajstić information content (AvgIpc) is 2.92. The summed E-state index contributed by atoms with van der Waals surface area (Å²) in [5, 5.41) is 20.9. The van der Waals surface area contributed by atoms with E-state index in [0.29, 0.717) is 10.8 Å². The number of fused-ring (bicyclic) bond motifs is 5. The van der Waals surface area contributed by atoms with E-state index in [9.17, 15) is 10.2 Å². The van der Waals surface area contributed by atoms with Crippen LogP contribution in [-0.2, 0) is 0 Å². The standard InChI is InChI=1S/C24H42O2/c1-5-24(26)13-12-23(4)18(15-24)6-8-19-20-9-7-17(14-16(2)25)22(20,3)11-10-21(19)23/h16-21,25-26H,5-15H2,1-4H3/t16?,17?,18?,19?,20?,21?,22?,23?,24-/m0/s1. The fourth-order valence-electron chi connectivity index (χ4n) is 8.55. The predicted octanol–water partition coefficient (Wildman–Crippen LogP) is 5.56. The van der Waals surface area contributed by atoms with E-state index in [-0.39, 0.29) is 11.7 Å². The molecule has 0 aromatic carbocycles. The van der Waals surface area contributed by atoms with E-state index >= 15 is 0 Å². The molecule has 4 aliphatic rings. The van der Waals surface area contributed by atoms with Crippen molar-refractivity contribution in [2.24, 2.45) is 40.4 Å². The second-order valence-corrected chi connectivity index (χ2v) is 11.3. The van der Waals surface area contributed by atoms with Gasteiger partial charge in [-0.1, -0.05) is 20.8 Å². The van der Waals surface area contributed by atoms with Crippen molar-refractivity contribution in [2.45, 2.75) is 110 Å². The van der Waals surface area contributed by atoms with Gasteiger partial charge in [-0.15, -0.1) is 0 Å². The second kappa shape index (κ2) is 6.48. The van der Waals surface area contributed by atoms with Crippen molar-refractivity contribution in [3.63, 3.8) is 0 Å². The van der Waals surface area contributed by atoms with E-state index in [4.69, 9.17) is 0 Å². The molecular formula is C24H42O2. The quantitative estimate of drug-likeness (QED) is 0.690. The van der Waals surface area contributed by atoms with E-state index in [1.54, 1.807) is 0 Å². The molecule has 2 N–H and O–H groups in total. The van der Waals surface area contributed by atoms with Crippen LogP contribution in [0.15, 0.2) is 0 Å². The summed E-state index contributed by atoms with van der Waals surface area (Å²) in [5.74, 6) is 4.14. The van der Waals surface area contributed by atoms with Crippen LogP contribution < -0.4 is 0 Å². The topological polar surface area (TPSA) is 40.5 Å². The number of aliphatic hydroxyl groups excluding tert-OH is 1. The van der Waals surface area contributed by atoms with E-state index < -0.39 is 0 Å². The molecule has 0 amide bonds. The van der Waals surface area contributed by atoms with E-state index in [1.807, 2.05) is 6.92 Å². The molecule has 4 saturated carbocycles. The number of rotatable bonds is 3. The Bertz CT molecular complexity index is 530. The Morgan fingerprint density at radius 1 is 0.923 bits per heavy atom. The third kappa shape index (κ3) is 2.81. The lowest BCUT2D eigenvalue weighted by Gasteiger charge is -2.62. The van der Waals surface area contributed by atoms with Gasteiger partial charge < -0.3 is 10.2 Å². The van der Waals surface area contributed by atoms with Crippen molar-refractivity contribution < 1.29 is 10.2 Å². The number of aliphatic hydroxyl groups is 2. The van der Waals surface area contributed by atoms with E-state index in [2.05, 4.69) is 20.8 Å². The highest BCUT2D eigenvalue weighted by molar-refractivity contribution is 5.10. The first-order valence-electron chi connectivity index (χ1n) is 11.6. The molecular weight excluding hydrogens is 320 g/mol. The molecule has 4 aliphatic carbocycles. The summed E-state index contributed by atoms with van der Waals surface area (Å²) in [6, 6.07) is 0. The Hall–Kier alpha value is -0.0800. The lowest BCUT2D eigenvalue weighted by Crippen LogP contribution is -2.55. The predicted molar refractivity (Wildman–Crippen MR) is 107 cm³/mol. The highest BCUT2D eigenvalue weighted by Gasteiger charge is 2.60. The molecule has 2 nitrogen and oxygen atoms in total. The van der Waals surface area contributed by atoms with Crippen molar-refractivity contribution in [3.05, 3.63) is 0 Å². The SMILES string of the molecule is CC[C@]1(O)CCC2(C)C(CCC3C4CCC(CC(C)O)C4(C)CCC32)C1. The number of hydrogen-bond acceptors (Lipinski definition) is 2. The summed E-state index contributed by atoms with van der Waals surface area (Å²) < 4.78 is 0. The summed E-state index contributed by atoms with van der Waals surface area (Å²) in [6.07, 6.45) is 13.3. The lowest BCUT2D eigenvalue weighted by atomic mass is 9.43. The van der Waals surface area contributed by atoms with Gasteiger partial charge in [0.05, 0.1) is 11.7 Å². The van der Waals surface area contributed by atoms with Gasteiger partial charge in [0.15, 0.2) is 0 Å². The third-order valence-corrected chi connectivity index (χ3v) is 10.3. The molecule has 0 aliphatic heterocycles. The largest absolute Gasteiger partial charge is 0.393 e. The summed E-state index contributed by atoms with van der Waals surface area (Å²) in [6.45, 7) is 9.31. The highest BCUT2D eigenvalue weighted by atomic mass is 16.3. The van der Waals surface area contributed by atoms with Crippen molar-refractivity contribution in [2.75, 3.05) is 0 Å². The fraction of sp³-hybridized carbons (Fsp3) is 1.00. The van der Waals surface area contributed by atoms with E-state index in [0.717, 1.165) is 55.3 Å². The fourth-order valence-corrected chi connectivity index (χ4v) is 8.55. The van der Waals surface area contributed by atoms with Crippen LogP contribution in [0.1, 0.15) is 98.3 Å². The zero-order valence-electron chi connectivity index (χ0n) is 17.6. The number of hydrogen-bond donors (Lipinski definition) is 2. The Balaban J connectivity index is 1.55. The normalized spacial score (nSPS) is 54.9. The Morgan fingerprint density at radius 3 is 2.35 bits per heavy atom. The zero-order valence-corrected chi connectivity index (χ0v) is 17.6. The van der Waals surface area contributed by atoms with Gasteiger partial charge in [0.25, 0.3) is 0 Å². The Morgan fingerprint density at radius 2 is 1.65 bits per heavy atom. The van der Waals surface area contributed by atoms with Crippen molar-refractivity contribution in [3.8, 4) is 0 Å². The van der Waals surface area contributed by atoms with Crippen LogP contribution in [0.25, 0.3) is 0 Å². The van der Waals surface area contributed by atoms with Gasteiger partial charge in [-0.2, -0.15) is 0 Å². The van der Waals surface area contributed by atoms with Crippen LogP contribution in [0.5, 0.6) is 0 Å². The molecule has 0 radical (unpaired) electrons. The van der Waals surface area contributed by atoms with Gasteiger partial charge in [-0.25, -0.2) is 0 Å². The monoisotopic (exact) mass is 362 g/mol. The third-order valence-electron chi connectivity index (χ3n) is 10.3. The van der Waals surface area contributed by atoms with Crippen LogP contribution >= 0.6 is 0 Å². The first kappa shape index (κ1) is 19.2. The van der Waals surface area contributed by atoms with E-state index in [1.165, 1.54) is 44.9 Å². The van der Waals surface area contributed by atoms with Crippen LogP contribution in [0.3, 0.4) is 0 Å². The van der Waals surface area contributed by atoms with Crippen molar-refractivity contribution >= 4 is 0 Å². The van der Waals surface area contributed by atoms with Gasteiger partial charge in [0.2, 0.25) is 0 Å². The molecule has 26 heavy (non-hydrogen) atoms. The molecule has 4 fully saturated rings. The summed E-state index contributed by atoms with van der Waals surface area (Å²) in [5.41, 5.74) is 0.560. The zero-order chi connectivity index (χ0) is 18.7. The maximum atomic E-state index is 10.9. The maximum absolute atomic E-state index is 10.9. The summed E-state index contributed by atoms with van der Waals surface area (Å²) >= 11 is 0. The molecule has 0 spiro atoms. The van der Waals surface area contributed by atoms with Crippen molar-refractivity contribution in [1.29, 1.82) is 0 Å². The van der Waals surface area contributed by atoms with Gasteiger partial charge >= 0.3 is 0 Å². The molecule has 9 atom stereocenters. The molecule has 2 heteroatoms. The summed E-state index contributed by atoms with van der Waals surface area (Å²) in [4.78, 5) is 0. The molecule has 8 unspecified atom stereocenters. The molecule has 0 bridgehead atoms.